The number of likely N-dealkylation sites (tertiary alicyclic amines) is 1. The minimum absolute atomic E-state index is 0.0508. The van der Waals surface area contributed by atoms with Gasteiger partial charge in [0.25, 0.3) is 11.8 Å². The normalized spacial score (nSPS) is 14.4. The van der Waals surface area contributed by atoms with Gasteiger partial charge >= 0.3 is 0 Å². The van der Waals surface area contributed by atoms with Crippen molar-refractivity contribution in [2.24, 2.45) is 0 Å². The van der Waals surface area contributed by atoms with Crippen LogP contribution in [-0.2, 0) is 6.42 Å². The van der Waals surface area contributed by atoms with Crippen LogP contribution in [0, 0.1) is 6.92 Å². The Morgan fingerprint density at radius 2 is 1.97 bits per heavy atom. The van der Waals surface area contributed by atoms with Crippen LogP contribution in [0.2, 0.25) is 0 Å². The van der Waals surface area contributed by atoms with E-state index in [1.807, 2.05) is 11.8 Å². The summed E-state index contributed by atoms with van der Waals surface area (Å²) in [7, 11) is 3.12. The Hall–Kier alpha value is -2.61. The van der Waals surface area contributed by atoms with Crippen LogP contribution < -0.4 is 14.8 Å². The Morgan fingerprint density at radius 1 is 1.23 bits per heavy atom. The number of rotatable bonds is 8. The molecule has 1 aromatic heterocycles. The van der Waals surface area contributed by atoms with E-state index in [9.17, 15) is 9.59 Å². The minimum atomic E-state index is -0.0665. The Labute approximate surface area is 187 Å². The molecule has 1 fully saturated rings. The minimum Gasteiger partial charge on any atom is -0.497 e. The average molecular weight is 446 g/mol. The first-order chi connectivity index (χ1) is 15.0. The van der Waals surface area contributed by atoms with Gasteiger partial charge in [-0.3, -0.25) is 9.59 Å². The van der Waals surface area contributed by atoms with E-state index in [2.05, 4.69) is 17.2 Å². The largest absolute Gasteiger partial charge is 0.497 e. The zero-order valence-electron chi connectivity index (χ0n) is 18.7. The van der Waals surface area contributed by atoms with E-state index in [4.69, 9.17) is 9.47 Å². The lowest BCUT2D eigenvalue weighted by molar-refractivity contribution is 0.0695. The predicted octanol–water partition coefficient (Wildman–Crippen LogP) is 3.85. The van der Waals surface area contributed by atoms with Crippen molar-refractivity contribution < 1.29 is 19.1 Å². The summed E-state index contributed by atoms with van der Waals surface area (Å²) in [6.45, 7) is 5.21. The van der Waals surface area contributed by atoms with E-state index in [1.54, 1.807) is 32.4 Å². The van der Waals surface area contributed by atoms with Gasteiger partial charge in [0.15, 0.2) is 0 Å². The fourth-order valence-corrected chi connectivity index (χ4v) is 4.73. The fraction of sp³-hybridized carbons (Fsp3) is 0.522. The van der Waals surface area contributed by atoms with Crippen LogP contribution in [0.5, 0.6) is 11.5 Å². The smallest absolute Gasteiger partial charge is 0.263 e. The van der Waals surface area contributed by atoms with Crippen molar-refractivity contribution in [3.05, 3.63) is 39.3 Å². The monoisotopic (exact) mass is 445 g/mol. The molecule has 0 unspecified atom stereocenters. The van der Waals surface area contributed by atoms with Crippen molar-refractivity contribution >= 4 is 23.2 Å². The number of methoxy groups -OCH3 is 2. The van der Waals surface area contributed by atoms with Crippen LogP contribution in [0.4, 0.5) is 0 Å². The molecule has 2 heterocycles. The highest BCUT2D eigenvalue weighted by Gasteiger charge is 2.27. The maximum atomic E-state index is 13.0. The number of ether oxygens (including phenoxy) is 2. The summed E-state index contributed by atoms with van der Waals surface area (Å²) in [5.41, 5.74) is 1.32. The predicted molar refractivity (Wildman–Crippen MR) is 121 cm³/mol. The number of aromatic nitrogens is 1. The molecule has 2 amide bonds. The van der Waals surface area contributed by atoms with Gasteiger partial charge < -0.3 is 19.7 Å². The summed E-state index contributed by atoms with van der Waals surface area (Å²) in [5.74, 6) is 1.02. The molecule has 8 heteroatoms. The van der Waals surface area contributed by atoms with Crippen molar-refractivity contribution in [1.29, 1.82) is 0 Å². The summed E-state index contributed by atoms with van der Waals surface area (Å²) < 4.78 is 10.6. The highest BCUT2D eigenvalue weighted by atomic mass is 32.1. The van der Waals surface area contributed by atoms with Crippen LogP contribution in [0.1, 0.15) is 63.3 Å². The number of carbonyl (C=O) groups is 2. The highest BCUT2D eigenvalue weighted by Crippen LogP contribution is 2.27. The fourth-order valence-electron chi connectivity index (χ4n) is 3.72. The standard InChI is InChI=1S/C23H31N3O4S/c1-5-6-7-20-24-15(2)21(31-20)22(27)25-16-10-12-26(13-11-16)23(28)18-9-8-17(29-3)14-19(18)30-4/h8-9,14,16H,5-7,10-13H2,1-4H3,(H,25,27). The lowest BCUT2D eigenvalue weighted by atomic mass is 10.0. The second-order valence-electron chi connectivity index (χ2n) is 7.73. The van der Waals surface area contributed by atoms with E-state index in [0.29, 0.717) is 35.0 Å². The molecule has 0 radical (unpaired) electrons. The summed E-state index contributed by atoms with van der Waals surface area (Å²) >= 11 is 1.49. The van der Waals surface area contributed by atoms with Gasteiger partial charge in [0.05, 0.1) is 30.5 Å². The van der Waals surface area contributed by atoms with Crippen LogP contribution >= 0.6 is 11.3 Å². The van der Waals surface area contributed by atoms with Crippen LogP contribution in [0.15, 0.2) is 18.2 Å². The number of nitrogens with zero attached hydrogens (tertiary/aromatic N) is 2. The third kappa shape index (κ3) is 5.55. The van der Waals surface area contributed by atoms with Gasteiger partial charge in [-0.1, -0.05) is 13.3 Å². The molecular formula is C23H31N3O4S. The second-order valence-corrected chi connectivity index (χ2v) is 8.82. The highest BCUT2D eigenvalue weighted by molar-refractivity contribution is 7.13. The number of benzene rings is 1. The number of unbranched alkanes of at least 4 members (excludes halogenated alkanes) is 1. The maximum Gasteiger partial charge on any atom is 0.263 e. The summed E-state index contributed by atoms with van der Waals surface area (Å²) in [6, 6.07) is 5.26. The van der Waals surface area contributed by atoms with E-state index in [0.717, 1.165) is 42.8 Å². The molecule has 0 aliphatic carbocycles. The van der Waals surface area contributed by atoms with E-state index < -0.39 is 0 Å². The number of piperidine rings is 1. The van der Waals surface area contributed by atoms with E-state index in [1.165, 1.54) is 11.3 Å². The first-order valence-corrected chi connectivity index (χ1v) is 11.6. The Balaban J connectivity index is 1.57. The summed E-state index contributed by atoms with van der Waals surface area (Å²) in [6.07, 6.45) is 4.55. The van der Waals surface area contributed by atoms with Gasteiger partial charge in [-0.25, -0.2) is 4.98 Å². The number of hydrogen-bond donors (Lipinski definition) is 1. The van der Waals surface area contributed by atoms with E-state index >= 15 is 0 Å². The first kappa shape index (κ1) is 23.1. The molecule has 0 bridgehead atoms. The molecule has 1 aliphatic rings. The Bertz CT molecular complexity index is 920. The van der Waals surface area contributed by atoms with Crippen molar-refractivity contribution in [1.82, 2.24) is 15.2 Å². The molecule has 31 heavy (non-hydrogen) atoms. The number of thiazole rings is 1. The SMILES string of the molecule is CCCCc1nc(C)c(C(=O)NC2CCN(C(=O)c3ccc(OC)cc3OC)CC2)s1. The molecule has 168 valence electrons. The zero-order chi connectivity index (χ0) is 22.4. The molecule has 0 saturated carbocycles. The van der Waals surface area contributed by atoms with Crippen molar-refractivity contribution in [2.45, 2.75) is 52.0 Å². The van der Waals surface area contributed by atoms with Gasteiger partial charge in [0, 0.05) is 25.2 Å². The van der Waals surface area contributed by atoms with Crippen LogP contribution in [-0.4, -0.2) is 55.0 Å². The molecule has 3 rings (SSSR count). The molecule has 0 spiro atoms. The van der Waals surface area contributed by atoms with E-state index in [-0.39, 0.29) is 17.9 Å². The van der Waals surface area contributed by atoms with Crippen molar-refractivity contribution in [3.8, 4) is 11.5 Å². The Morgan fingerprint density at radius 3 is 2.61 bits per heavy atom. The summed E-state index contributed by atoms with van der Waals surface area (Å²) in [4.78, 5) is 32.8. The average Bonchev–Trinajstić information content (AvgIpc) is 3.17. The second kappa shape index (κ2) is 10.6. The molecule has 1 aliphatic heterocycles. The molecule has 1 saturated heterocycles. The number of nitrogens with one attached hydrogen (secondary N) is 1. The summed E-state index contributed by atoms with van der Waals surface area (Å²) in [5, 5.41) is 4.16. The topological polar surface area (TPSA) is 80.8 Å². The number of aryl methyl sites for hydroxylation is 2. The number of hydrogen-bond acceptors (Lipinski definition) is 6. The lowest BCUT2D eigenvalue weighted by Crippen LogP contribution is -2.46. The van der Waals surface area contributed by atoms with Gasteiger partial charge in [-0.2, -0.15) is 0 Å². The molecule has 1 N–H and O–H groups in total. The zero-order valence-corrected chi connectivity index (χ0v) is 19.5. The van der Waals surface area contributed by atoms with Crippen molar-refractivity contribution in [3.63, 3.8) is 0 Å². The Kier molecular flexibility index (Phi) is 7.90. The molecule has 1 aromatic carbocycles. The third-order valence-corrected chi connectivity index (χ3v) is 6.76. The molecule has 2 aromatic rings. The number of carbonyl (C=O) groups excluding carboxylic acids is 2. The van der Waals surface area contributed by atoms with Gasteiger partial charge in [-0.15, -0.1) is 11.3 Å². The third-order valence-electron chi connectivity index (χ3n) is 5.55. The van der Waals surface area contributed by atoms with Crippen molar-refractivity contribution in [2.75, 3.05) is 27.3 Å². The van der Waals surface area contributed by atoms with Crippen LogP contribution in [0.25, 0.3) is 0 Å². The van der Waals surface area contributed by atoms with Gasteiger partial charge in [-0.05, 0) is 44.7 Å². The first-order valence-electron chi connectivity index (χ1n) is 10.7. The van der Waals surface area contributed by atoms with Crippen LogP contribution in [0.3, 0.4) is 0 Å². The quantitative estimate of drug-likeness (QED) is 0.668. The molecule has 0 atom stereocenters. The molecular weight excluding hydrogens is 414 g/mol. The lowest BCUT2D eigenvalue weighted by Gasteiger charge is -2.32. The molecule has 7 nitrogen and oxygen atoms in total. The van der Waals surface area contributed by atoms with Gasteiger partial charge in [0.2, 0.25) is 0 Å². The maximum absolute atomic E-state index is 13.0. The van der Waals surface area contributed by atoms with Gasteiger partial charge in [0.1, 0.15) is 16.4 Å². The number of amides is 2.